The monoisotopic (exact) mass is 463 g/mol. The van der Waals surface area contributed by atoms with Crippen LogP contribution in [-0.4, -0.2) is 39.2 Å². The lowest BCUT2D eigenvalue weighted by Crippen LogP contribution is -2.31. The van der Waals surface area contributed by atoms with E-state index in [1.54, 1.807) is 37.3 Å². The molecule has 0 bridgehead atoms. The fourth-order valence-corrected chi connectivity index (χ4v) is 4.54. The Morgan fingerprint density at radius 1 is 1.15 bits per heavy atom. The minimum Gasteiger partial charge on any atom is -0.504 e. The molecule has 33 heavy (non-hydrogen) atoms. The number of aliphatic hydroxyl groups excluding tert-OH is 1. The molecular formula is C23H17N3O6S. The predicted octanol–water partition coefficient (Wildman–Crippen LogP) is 4.09. The zero-order valence-corrected chi connectivity index (χ0v) is 18.3. The van der Waals surface area contributed by atoms with E-state index in [0.717, 1.165) is 11.3 Å². The third-order valence-corrected chi connectivity index (χ3v) is 6.18. The number of carbonyl (C=O) groups excluding carboxylic acids is 2. The first-order chi connectivity index (χ1) is 15.9. The largest absolute Gasteiger partial charge is 0.504 e. The summed E-state index contributed by atoms with van der Waals surface area (Å²) in [6, 6.07) is 12.1. The van der Waals surface area contributed by atoms with Gasteiger partial charge in [0.15, 0.2) is 23.0 Å². The van der Waals surface area contributed by atoms with E-state index in [1.165, 1.54) is 24.1 Å². The van der Waals surface area contributed by atoms with Crippen molar-refractivity contribution in [3.05, 3.63) is 76.2 Å². The number of phenols is 1. The van der Waals surface area contributed by atoms with Gasteiger partial charge < -0.3 is 19.4 Å². The fraction of sp³-hybridized carbons (Fsp3) is 0.130. The zero-order valence-electron chi connectivity index (χ0n) is 17.5. The lowest BCUT2D eigenvalue weighted by atomic mass is 9.95. The lowest BCUT2D eigenvalue weighted by molar-refractivity contribution is -0.117. The highest BCUT2D eigenvalue weighted by Gasteiger charge is 2.47. The van der Waals surface area contributed by atoms with E-state index in [1.807, 2.05) is 6.07 Å². The molecular weight excluding hydrogens is 446 g/mol. The van der Waals surface area contributed by atoms with E-state index in [2.05, 4.69) is 10.2 Å². The van der Waals surface area contributed by atoms with Crippen molar-refractivity contribution < 1.29 is 29.0 Å². The highest BCUT2D eigenvalue weighted by molar-refractivity contribution is 7.15. The number of aliphatic hydroxyl groups is 1. The number of anilines is 1. The number of rotatable bonds is 5. The van der Waals surface area contributed by atoms with Crippen LogP contribution < -0.4 is 9.64 Å². The number of hydrogen-bond acceptors (Lipinski definition) is 9. The van der Waals surface area contributed by atoms with Crippen molar-refractivity contribution in [2.24, 2.45) is 0 Å². The number of benzene rings is 2. The summed E-state index contributed by atoms with van der Waals surface area (Å²) in [6.45, 7) is 1.73. The molecule has 1 aliphatic heterocycles. The third-order valence-electron chi connectivity index (χ3n) is 5.34. The molecule has 0 saturated heterocycles. The number of phenolic OH excluding ortho intramolecular Hbond substituents is 1. The van der Waals surface area contributed by atoms with Gasteiger partial charge in [-0.15, -0.1) is 10.2 Å². The minimum atomic E-state index is -1.04. The number of aromatic nitrogens is 2. The second kappa shape index (κ2) is 7.75. The van der Waals surface area contributed by atoms with E-state index in [9.17, 15) is 19.8 Å². The number of para-hydroxylation sites is 1. The average Bonchev–Trinajstić information content (AvgIpc) is 3.50. The maximum Gasteiger partial charge on any atom is 0.296 e. The van der Waals surface area contributed by atoms with Crippen molar-refractivity contribution in [3.8, 4) is 11.5 Å². The molecule has 1 aliphatic rings. The predicted molar refractivity (Wildman–Crippen MR) is 120 cm³/mol. The van der Waals surface area contributed by atoms with Gasteiger partial charge in [-0.1, -0.05) is 35.6 Å². The van der Waals surface area contributed by atoms with E-state index < -0.39 is 23.5 Å². The fourth-order valence-electron chi connectivity index (χ4n) is 3.82. The van der Waals surface area contributed by atoms with Gasteiger partial charge in [0.2, 0.25) is 10.9 Å². The number of furan rings is 1. The summed E-state index contributed by atoms with van der Waals surface area (Å²) in [5.74, 6) is -2.11. The molecule has 1 atom stereocenters. The number of methoxy groups -OCH3 is 1. The van der Waals surface area contributed by atoms with Crippen molar-refractivity contribution in [2.75, 3.05) is 12.0 Å². The molecule has 0 fully saturated rings. The van der Waals surface area contributed by atoms with Gasteiger partial charge in [0.05, 0.1) is 18.7 Å². The third kappa shape index (κ3) is 3.31. The standard InChI is InChI=1S/C23H17N3O6S/c1-11-24-25-23(33-11)26-19(13-7-8-14(27)16(10-13)31-2)18(21(29)22(26)30)20(28)17-9-12-5-3-4-6-15(12)32-17/h3-10,19,27,29H,1-2H3/t19-/m1/s1. The Hall–Kier alpha value is -4.18. The highest BCUT2D eigenvalue weighted by atomic mass is 32.1. The summed E-state index contributed by atoms with van der Waals surface area (Å²) >= 11 is 1.15. The molecule has 0 aliphatic carbocycles. The van der Waals surface area contributed by atoms with Gasteiger partial charge in [-0.05, 0) is 36.8 Å². The summed E-state index contributed by atoms with van der Waals surface area (Å²) in [7, 11) is 1.39. The number of ketones is 1. The van der Waals surface area contributed by atoms with Crippen LogP contribution in [0.2, 0.25) is 0 Å². The second-order valence-corrected chi connectivity index (χ2v) is 8.51. The average molecular weight is 463 g/mol. The van der Waals surface area contributed by atoms with Crippen LogP contribution in [0.4, 0.5) is 5.13 Å². The molecule has 166 valence electrons. The number of Topliss-reactive ketones (excluding diaryl/α,β-unsaturated/α-hetero) is 1. The molecule has 5 rings (SSSR count). The molecule has 0 radical (unpaired) electrons. The van der Waals surface area contributed by atoms with Crippen molar-refractivity contribution in [1.82, 2.24) is 10.2 Å². The number of ether oxygens (including phenoxy) is 1. The Morgan fingerprint density at radius 3 is 2.64 bits per heavy atom. The minimum absolute atomic E-state index is 0.0170. The van der Waals surface area contributed by atoms with Crippen LogP contribution >= 0.6 is 11.3 Å². The molecule has 9 nitrogen and oxygen atoms in total. The number of hydrogen-bond donors (Lipinski definition) is 2. The van der Waals surface area contributed by atoms with E-state index >= 15 is 0 Å². The van der Waals surface area contributed by atoms with Crippen LogP contribution in [0.5, 0.6) is 11.5 Å². The van der Waals surface area contributed by atoms with Crippen LogP contribution in [0.25, 0.3) is 11.0 Å². The zero-order chi connectivity index (χ0) is 23.3. The molecule has 2 N–H and O–H groups in total. The summed E-state index contributed by atoms with van der Waals surface area (Å²) in [4.78, 5) is 27.9. The van der Waals surface area contributed by atoms with Gasteiger partial charge in [0.1, 0.15) is 10.6 Å². The molecule has 2 aromatic heterocycles. The number of nitrogens with zero attached hydrogens (tertiary/aromatic N) is 3. The normalized spacial score (nSPS) is 16.1. The van der Waals surface area contributed by atoms with Crippen molar-refractivity contribution in [2.45, 2.75) is 13.0 Å². The Labute approximate surface area is 191 Å². The Bertz CT molecular complexity index is 1420. The molecule has 0 unspecified atom stereocenters. The number of carbonyl (C=O) groups is 2. The van der Waals surface area contributed by atoms with E-state index in [4.69, 9.17) is 9.15 Å². The van der Waals surface area contributed by atoms with E-state index in [-0.39, 0.29) is 28.0 Å². The summed E-state index contributed by atoms with van der Waals surface area (Å²) in [5, 5.41) is 30.4. The van der Waals surface area contributed by atoms with Gasteiger partial charge in [0.25, 0.3) is 5.91 Å². The second-order valence-electron chi connectivity index (χ2n) is 7.35. The van der Waals surface area contributed by atoms with Gasteiger partial charge in [-0.25, -0.2) is 0 Å². The first kappa shape index (κ1) is 20.7. The molecule has 4 aromatic rings. The van der Waals surface area contributed by atoms with Crippen LogP contribution in [0, 0.1) is 6.92 Å². The molecule has 0 saturated carbocycles. The SMILES string of the molecule is COc1cc([C@@H]2C(C(=O)c3cc4ccccc4o3)=C(O)C(=O)N2c2nnc(C)s2)ccc1O. The van der Waals surface area contributed by atoms with Gasteiger partial charge in [-0.2, -0.15) is 0 Å². The maximum atomic E-state index is 13.6. The molecule has 2 aromatic carbocycles. The topological polar surface area (TPSA) is 126 Å². The number of aromatic hydroxyl groups is 1. The first-order valence-corrected chi connectivity index (χ1v) is 10.7. The summed E-state index contributed by atoms with van der Waals surface area (Å²) < 4.78 is 10.9. The van der Waals surface area contributed by atoms with Crippen LogP contribution in [-0.2, 0) is 4.79 Å². The smallest absolute Gasteiger partial charge is 0.296 e. The van der Waals surface area contributed by atoms with Crippen LogP contribution in [0.15, 0.2) is 64.3 Å². The number of amides is 1. The quantitative estimate of drug-likeness (QED) is 0.424. The van der Waals surface area contributed by atoms with E-state index in [0.29, 0.717) is 21.5 Å². The number of aryl methyl sites for hydroxylation is 1. The van der Waals surface area contributed by atoms with Crippen molar-refractivity contribution in [3.63, 3.8) is 0 Å². The highest BCUT2D eigenvalue weighted by Crippen LogP contribution is 2.44. The van der Waals surface area contributed by atoms with Gasteiger partial charge in [0, 0.05) is 5.39 Å². The Balaban J connectivity index is 1.68. The Kier molecular flexibility index (Phi) is 4.86. The molecule has 1 amide bonds. The Morgan fingerprint density at radius 2 is 1.94 bits per heavy atom. The maximum absolute atomic E-state index is 13.6. The first-order valence-electron chi connectivity index (χ1n) is 9.86. The lowest BCUT2D eigenvalue weighted by Gasteiger charge is -2.24. The van der Waals surface area contributed by atoms with Crippen LogP contribution in [0.3, 0.4) is 0 Å². The molecule has 3 heterocycles. The summed E-state index contributed by atoms with van der Waals surface area (Å²) in [5.41, 5.74) is 0.763. The number of fused-ring (bicyclic) bond motifs is 1. The van der Waals surface area contributed by atoms with Crippen molar-refractivity contribution in [1.29, 1.82) is 0 Å². The van der Waals surface area contributed by atoms with Gasteiger partial charge >= 0.3 is 0 Å². The molecule has 0 spiro atoms. The molecule has 10 heteroatoms. The van der Waals surface area contributed by atoms with Crippen LogP contribution in [0.1, 0.15) is 27.2 Å². The van der Waals surface area contributed by atoms with Gasteiger partial charge in [-0.3, -0.25) is 14.5 Å². The summed E-state index contributed by atoms with van der Waals surface area (Å²) in [6.07, 6.45) is 0. The van der Waals surface area contributed by atoms with Crippen molar-refractivity contribution >= 4 is 39.1 Å².